The molecule has 0 spiro atoms. The van der Waals surface area contributed by atoms with Gasteiger partial charge in [-0.25, -0.2) is 0 Å². The molecule has 3 aliphatic rings. The summed E-state index contributed by atoms with van der Waals surface area (Å²) in [5, 5.41) is 3.78. The number of hydrogen-bond donors (Lipinski definition) is 1. The lowest BCUT2D eigenvalue weighted by Crippen LogP contribution is -2.42. The van der Waals surface area contributed by atoms with Gasteiger partial charge in [0.05, 0.1) is 16.9 Å². The number of nitrogens with zero attached hydrogens (tertiary/aromatic N) is 1. The van der Waals surface area contributed by atoms with Crippen LogP contribution in [0.25, 0.3) is 55.2 Å². The van der Waals surface area contributed by atoms with Crippen LogP contribution in [0.1, 0.15) is 88.1 Å². The molecule has 1 aromatic heterocycles. The lowest BCUT2D eigenvalue weighted by Gasteiger charge is -2.40. The summed E-state index contributed by atoms with van der Waals surface area (Å²) >= 11 is 1.91. The van der Waals surface area contributed by atoms with Crippen molar-refractivity contribution in [3.8, 4) is 33.5 Å². The Morgan fingerprint density at radius 1 is 0.603 bits per heavy atom. The monoisotopic (exact) mass is 829 g/mol. The van der Waals surface area contributed by atoms with E-state index >= 15 is 0 Å². The minimum Gasteiger partial charge on any atom is -0.354 e. The Kier molecular flexibility index (Phi) is 8.63. The number of aromatic nitrogens is 1. The quantitative estimate of drug-likeness (QED) is 0.168. The summed E-state index contributed by atoms with van der Waals surface area (Å²) in [5.41, 5.74) is 21.5. The summed E-state index contributed by atoms with van der Waals surface area (Å²) in [6.45, 7) is 14.3. The Balaban J connectivity index is 1.17. The van der Waals surface area contributed by atoms with Crippen molar-refractivity contribution in [3.63, 3.8) is 0 Å². The van der Waals surface area contributed by atoms with Crippen LogP contribution in [0.4, 0.5) is 17.1 Å². The molecule has 0 saturated carbocycles. The van der Waals surface area contributed by atoms with Gasteiger partial charge in [-0.15, -0.1) is 0 Å². The highest BCUT2D eigenvalue weighted by Gasteiger charge is 2.40. The molecule has 2 aliphatic heterocycles. The van der Waals surface area contributed by atoms with Crippen molar-refractivity contribution in [1.82, 2.24) is 4.98 Å². The van der Waals surface area contributed by atoms with Crippen molar-refractivity contribution in [2.24, 2.45) is 0 Å². The second kappa shape index (κ2) is 14.1. The number of benzene rings is 8. The molecule has 1 radical (unpaired) electrons. The van der Waals surface area contributed by atoms with Gasteiger partial charge in [0.1, 0.15) is 0 Å². The van der Waals surface area contributed by atoms with Crippen LogP contribution in [-0.4, -0.2) is 12.3 Å². The van der Waals surface area contributed by atoms with Crippen LogP contribution in [-0.2, 0) is 10.8 Å². The first-order valence-corrected chi connectivity index (χ1v) is 23.6. The van der Waals surface area contributed by atoms with Crippen LogP contribution in [0.5, 0.6) is 0 Å². The molecule has 1 aliphatic carbocycles. The molecule has 3 heterocycles. The third-order valence-electron chi connectivity index (χ3n) is 14.7. The molecule has 0 unspecified atom stereocenters. The SMILES string of the molecule is CCC[C@H](C)c1ccc(N2c3cc4c(cc3[B]c3c2cc2ccccc2c3-c2cccc3c5c([nH]c23)-c2ccccc2C5(C)C)Sc2ccccc2C4(C)C)c(-c2ccccc2)c1. The molecule has 305 valence electrons. The molecule has 63 heavy (non-hydrogen) atoms. The van der Waals surface area contributed by atoms with Gasteiger partial charge in [0.15, 0.2) is 7.28 Å². The van der Waals surface area contributed by atoms with E-state index in [0.29, 0.717) is 5.92 Å². The van der Waals surface area contributed by atoms with E-state index in [9.17, 15) is 0 Å². The standard InChI is InChI=1S/C59H50BN2S/c1-7-18-35(2)37-29-30-48(43(31-37)36-19-9-8-10-20-36)62-49-33-46-52(63-51-28-16-15-27-45(51)58(46,3)4)34-47(49)60-55-50(62)32-38-21-11-12-22-39(38)53(55)41-24-17-25-42-54-57(61-56(41)42)40-23-13-14-26-44(40)59(54,5)6/h8-17,19-35,61H,7,18H2,1-6H3/t35-/m0/s1. The minimum atomic E-state index is -0.176. The van der Waals surface area contributed by atoms with E-state index in [1.165, 1.54) is 121 Å². The first-order valence-electron chi connectivity index (χ1n) is 22.7. The molecular weight excluding hydrogens is 780 g/mol. The van der Waals surface area contributed by atoms with E-state index in [4.69, 9.17) is 0 Å². The summed E-state index contributed by atoms with van der Waals surface area (Å²) < 4.78 is 0. The highest BCUT2D eigenvalue weighted by molar-refractivity contribution is 7.99. The number of para-hydroxylation sites is 1. The van der Waals surface area contributed by atoms with Crippen molar-refractivity contribution < 1.29 is 0 Å². The van der Waals surface area contributed by atoms with Crippen LogP contribution in [0.2, 0.25) is 0 Å². The molecule has 8 aromatic carbocycles. The predicted octanol–water partition coefficient (Wildman–Crippen LogP) is 15.1. The number of H-pyrrole nitrogens is 1. The van der Waals surface area contributed by atoms with E-state index in [-0.39, 0.29) is 10.8 Å². The van der Waals surface area contributed by atoms with Crippen molar-refractivity contribution >= 4 is 68.7 Å². The van der Waals surface area contributed by atoms with Gasteiger partial charge in [0.25, 0.3) is 0 Å². The van der Waals surface area contributed by atoms with Crippen LogP contribution >= 0.6 is 11.8 Å². The van der Waals surface area contributed by atoms with Crippen molar-refractivity contribution in [2.75, 3.05) is 4.90 Å². The van der Waals surface area contributed by atoms with Gasteiger partial charge in [-0.1, -0.05) is 193 Å². The summed E-state index contributed by atoms with van der Waals surface area (Å²) in [6, 6.07) is 59.8. The van der Waals surface area contributed by atoms with Crippen molar-refractivity contribution in [3.05, 3.63) is 186 Å². The van der Waals surface area contributed by atoms with E-state index in [2.05, 4.69) is 216 Å². The zero-order valence-electron chi connectivity index (χ0n) is 36.9. The molecule has 0 amide bonds. The van der Waals surface area contributed by atoms with E-state index in [1.54, 1.807) is 0 Å². The average Bonchev–Trinajstić information content (AvgIpc) is 3.81. The molecule has 0 bridgehead atoms. The normalized spacial score (nSPS) is 15.5. The third-order valence-corrected chi connectivity index (χ3v) is 15.8. The van der Waals surface area contributed by atoms with Crippen LogP contribution < -0.4 is 15.8 Å². The molecule has 1 atom stereocenters. The lowest BCUT2D eigenvalue weighted by molar-refractivity contribution is 0.608. The number of nitrogens with one attached hydrogen (secondary N) is 1. The van der Waals surface area contributed by atoms with Crippen LogP contribution in [0.3, 0.4) is 0 Å². The molecule has 1 N–H and O–H groups in total. The topological polar surface area (TPSA) is 19.0 Å². The molecule has 0 saturated heterocycles. The van der Waals surface area contributed by atoms with Gasteiger partial charge >= 0.3 is 0 Å². The highest BCUT2D eigenvalue weighted by atomic mass is 32.2. The Morgan fingerprint density at radius 3 is 2.17 bits per heavy atom. The van der Waals surface area contributed by atoms with Gasteiger partial charge < -0.3 is 9.88 Å². The Labute approximate surface area is 376 Å². The summed E-state index contributed by atoms with van der Waals surface area (Å²) in [6.07, 6.45) is 2.31. The molecule has 12 rings (SSSR count). The average molecular weight is 830 g/mol. The zero-order chi connectivity index (χ0) is 42.8. The number of aromatic amines is 1. The van der Waals surface area contributed by atoms with Crippen LogP contribution in [0, 0.1) is 0 Å². The zero-order valence-corrected chi connectivity index (χ0v) is 37.8. The largest absolute Gasteiger partial charge is 0.354 e. The van der Waals surface area contributed by atoms with Crippen molar-refractivity contribution in [2.45, 2.75) is 80.9 Å². The summed E-state index contributed by atoms with van der Waals surface area (Å²) in [4.78, 5) is 9.36. The van der Waals surface area contributed by atoms with E-state index < -0.39 is 0 Å². The van der Waals surface area contributed by atoms with E-state index in [1.807, 2.05) is 11.8 Å². The fourth-order valence-electron chi connectivity index (χ4n) is 11.5. The smallest absolute Gasteiger partial charge is 0.197 e. The molecule has 2 nitrogen and oxygen atoms in total. The molecule has 4 heteroatoms. The molecule has 9 aromatic rings. The second-order valence-electron chi connectivity index (χ2n) is 19.1. The molecule has 0 fully saturated rings. The number of rotatable bonds is 6. The third kappa shape index (κ3) is 5.66. The molecular formula is C59H50BN2S. The number of anilines is 3. The summed E-state index contributed by atoms with van der Waals surface area (Å²) in [7, 11) is 2.51. The maximum Gasteiger partial charge on any atom is 0.197 e. The lowest BCUT2D eigenvalue weighted by atomic mass is 9.57. The maximum atomic E-state index is 4.07. The Morgan fingerprint density at radius 2 is 1.33 bits per heavy atom. The van der Waals surface area contributed by atoms with Gasteiger partial charge in [0.2, 0.25) is 0 Å². The minimum absolute atomic E-state index is 0.124. The van der Waals surface area contributed by atoms with Gasteiger partial charge in [-0.05, 0) is 97.8 Å². The summed E-state index contributed by atoms with van der Waals surface area (Å²) in [5.74, 6) is 0.459. The number of fused-ring (bicyclic) bond motifs is 10. The number of hydrogen-bond acceptors (Lipinski definition) is 2. The van der Waals surface area contributed by atoms with Gasteiger partial charge in [-0.3, -0.25) is 0 Å². The Bertz CT molecular complexity index is 3340. The van der Waals surface area contributed by atoms with Gasteiger partial charge in [0, 0.05) is 54.1 Å². The van der Waals surface area contributed by atoms with Crippen LogP contribution in [0.15, 0.2) is 168 Å². The van der Waals surface area contributed by atoms with Crippen molar-refractivity contribution in [1.29, 1.82) is 0 Å². The van der Waals surface area contributed by atoms with Gasteiger partial charge in [-0.2, -0.15) is 0 Å². The van der Waals surface area contributed by atoms with E-state index in [0.717, 1.165) is 12.8 Å². The highest BCUT2D eigenvalue weighted by Crippen LogP contribution is 2.55. The maximum absolute atomic E-state index is 4.07. The Hall–Kier alpha value is -6.23. The fourth-order valence-corrected chi connectivity index (χ4v) is 12.9. The second-order valence-corrected chi connectivity index (χ2v) is 20.2. The first kappa shape index (κ1) is 38.5. The fraction of sp³-hybridized carbons (Fsp3) is 0.186. The first-order chi connectivity index (χ1) is 30.6. The predicted molar refractivity (Wildman–Crippen MR) is 270 cm³/mol.